The highest BCUT2D eigenvalue weighted by atomic mass is 35.5. The van der Waals surface area contributed by atoms with Crippen molar-refractivity contribution < 1.29 is 23.8 Å². The summed E-state index contributed by atoms with van der Waals surface area (Å²) < 4.78 is 26.4. The van der Waals surface area contributed by atoms with Crippen LogP contribution in [-0.2, 0) is 6.54 Å². The molecule has 1 atom stereocenters. The van der Waals surface area contributed by atoms with Gasteiger partial charge in [-0.2, -0.15) is 5.10 Å². The lowest BCUT2D eigenvalue weighted by Gasteiger charge is -2.14. The number of aromatic amines is 1. The predicted octanol–water partition coefficient (Wildman–Crippen LogP) is 5.02. The topological polar surface area (TPSA) is 146 Å². The third-order valence-corrected chi connectivity index (χ3v) is 5.95. The number of hydrogen-bond acceptors (Lipinski definition) is 8. The van der Waals surface area contributed by atoms with Gasteiger partial charge in [0.05, 0.1) is 25.6 Å². The van der Waals surface area contributed by atoms with E-state index in [4.69, 9.17) is 26.2 Å². The summed E-state index contributed by atoms with van der Waals surface area (Å²) in [5, 5.41) is 24.6. The molecule has 4 aromatic rings. The highest BCUT2D eigenvalue weighted by Gasteiger charge is 2.20. The van der Waals surface area contributed by atoms with Gasteiger partial charge in [0.15, 0.2) is 17.3 Å². The number of anilines is 2. The Bertz CT molecular complexity index is 1470. The number of aromatic nitrogens is 4. The van der Waals surface area contributed by atoms with Crippen LogP contribution >= 0.6 is 11.6 Å². The Hall–Kier alpha value is -4.58. The van der Waals surface area contributed by atoms with Crippen LogP contribution < -0.4 is 25.4 Å². The van der Waals surface area contributed by atoms with Crippen molar-refractivity contribution in [1.82, 2.24) is 25.5 Å². The molecule has 0 fully saturated rings. The van der Waals surface area contributed by atoms with Gasteiger partial charge < -0.3 is 30.5 Å². The fraction of sp³-hybridized carbons (Fsp3) is 0.231. The Labute approximate surface area is 228 Å². The normalized spacial score (nSPS) is 11.5. The van der Waals surface area contributed by atoms with Crippen molar-refractivity contribution in [1.29, 1.82) is 0 Å². The molecule has 0 bridgehead atoms. The molecule has 0 saturated heterocycles. The largest absolute Gasteiger partial charge is 0.493 e. The van der Waals surface area contributed by atoms with E-state index >= 15 is 4.39 Å². The number of ether oxygens (including phenoxy) is 2. The van der Waals surface area contributed by atoms with E-state index in [1.54, 1.807) is 51.7 Å². The molecule has 0 saturated carbocycles. The standard InChI is InChI=1S/C26H27ClFN7O4/c1-14(33-26(36)37)11-31-25-29-7-6-19(34-25)18-13-32-35-24(18)17-9-16(27)10-20(23(17)28)30-12-15-4-5-21(38-2)22(8-15)39-3/h4-10,13-14,30,33H,11-12H2,1-3H3,(H,32,35)(H,36,37)(H,29,31,34)/t14-/m0/s1. The summed E-state index contributed by atoms with van der Waals surface area (Å²) in [6.45, 7) is 2.28. The molecule has 0 radical (unpaired) electrons. The third-order valence-electron chi connectivity index (χ3n) is 5.73. The molecule has 0 aliphatic carbocycles. The first-order chi connectivity index (χ1) is 18.8. The summed E-state index contributed by atoms with van der Waals surface area (Å²) >= 11 is 6.37. The van der Waals surface area contributed by atoms with E-state index in [1.165, 1.54) is 12.1 Å². The van der Waals surface area contributed by atoms with Crippen molar-refractivity contribution in [2.24, 2.45) is 0 Å². The van der Waals surface area contributed by atoms with Crippen molar-refractivity contribution in [2.75, 3.05) is 31.4 Å². The fourth-order valence-electron chi connectivity index (χ4n) is 3.87. The summed E-state index contributed by atoms with van der Waals surface area (Å²) in [6, 6.07) is 9.73. The number of carboxylic acid groups (broad SMARTS) is 1. The van der Waals surface area contributed by atoms with Gasteiger partial charge in [-0.3, -0.25) is 5.10 Å². The van der Waals surface area contributed by atoms with Gasteiger partial charge in [-0.1, -0.05) is 17.7 Å². The Morgan fingerprint density at radius 1 is 1.13 bits per heavy atom. The fourth-order valence-corrected chi connectivity index (χ4v) is 4.09. The highest BCUT2D eigenvalue weighted by molar-refractivity contribution is 6.31. The maximum Gasteiger partial charge on any atom is 0.404 e. The number of nitrogens with zero attached hydrogens (tertiary/aromatic N) is 3. The SMILES string of the molecule is COc1ccc(CNc2cc(Cl)cc(-c3n[nH]cc3-c3ccnc(NC[C@H](C)NC(=O)O)n3)c2F)cc1OC. The number of carbonyl (C=O) groups is 1. The summed E-state index contributed by atoms with van der Waals surface area (Å²) in [5.41, 5.74) is 2.56. The number of nitrogens with one attached hydrogen (secondary N) is 4. The smallest absolute Gasteiger partial charge is 0.404 e. The van der Waals surface area contributed by atoms with Gasteiger partial charge in [0.1, 0.15) is 5.69 Å². The number of amides is 1. The van der Waals surface area contributed by atoms with Gasteiger partial charge in [0, 0.05) is 47.7 Å². The van der Waals surface area contributed by atoms with E-state index in [1.807, 2.05) is 6.07 Å². The lowest BCUT2D eigenvalue weighted by atomic mass is 10.0. The van der Waals surface area contributed by atoms with Crippen LogP contribution in [0.2, 0.25) is 5.02 Å². The second kappa shape index (κ2) is 12.3. The maximum absolute atomic E-state index is 15.8. The molecule has 2 aromatic carbocycles. The van der Waals surface area contributed by atoms with E-state index in [0.717, 1.165) is 5.56 Å². The molecule has 2 heterocycles. The summed E-state index contributed by atoms with van der Waals surface area (Å²) in [7, 11) is 3.11. The van der Waals surface area contributed by atoms with E-state index in [-0.39, 0.29) is 29.8 Å². The Morgan fingerprint density at radius 2 is 1.92 bits per heavy atom. The maximum atomic E-state index is 15.8. The highest BCUT2D eigenvalue weighted by Crippen LogP contribution is 2.36. The Morgan fingerprint density at radius 3 is 2.67 bits per heavy atom. The quantitative estimate of drug-likeness (QED) is 0.172. The molecular formula is C26H27ClFN7O4. The van der Waals surface area contributed by atoms with E-state index in [0.29, 0.717) is 40.0 Å². The molecule has 204 valence electrons. The summed E-state index contributed by atoms with van der Waals surface area (Å²) in [5.74, 6) is 0.909. The number of H-pyrrole nitrogens is 1. The predicted molar refractivity (Wildman–Crippen MR) is 146 cm³/mol. The Balaban J connectivity index is 1.57. The van der Waals surface area contributed by atoms with Crippen LogP contribution in [0.4, 0.5) is 20.8 Å². The number of benzene rings is 2. The summed E-state index contributed by atoms with van der Waals surface area (Å²) in [4.78, 5) is 19.5. The zero-order valence-electron chi connectivity index (χ0n) is 21.4. The van der Waals surface area contributed by atoms with Crippen molar-refractivity contribution in [2.45, 2.75) is 19.5 Å². The first kappa shape index (κ1) is 27.5. The number of hydrogen-bond donors (Lipinski definition) is 5. The summed E-state index contributed by atoms with van der Waals surface area (Å²) in [6.07, 6.45) is 2.03. The average Bonchev–Trinajstić information content (AvgIpc) is 3.41. The van der Waals surface area contributed by atoms with Gasteiger partial charge in [-0.25, -0.2) is 19.2 Å². The minimum absolute atomic E-state index is 0.181. The van der Waals surface area contributed by atoms with E-state index < -0.39 is 11.9 Å². The first-order valence-corrected chi connectivity index (χ1v) is 12.2. The van der Waals surface area contributed by atoms with Crippen LogP contribution in [0.25, 0.3) is 22.5 Å². The molecule has 13 heteroatoms. The minimum atomic E-state index is -1.12. The van der Waals surface area contributed by atoms with E-state index in [2.05, 4.69) is 36.1 Å². The van der Waals surface area contributed by atoms with Crippen molar-refractivity contribution in [3.05, 3.63) is 65.2 Å². The van der Waals surface area contributed by atoms with Crippen LogP contribution in [0.1, 0.15) is 12.5 Å². The zero-order chi connectivity index (χ0) is 27.9. The van der Waals surface area contributed by atoms with Crippen molar-refractivity contribution in [3.63, 3.8) is 0 Å². The number of halogens is 2. The lowest BCUT2D eigenvalue weighted by Crippen LogP contribution is -2.36. The van der Waals surface area contributed by atoms with Crippen LogP contribution in [0.15, 0.2) is 48.8 Å². The first-order valence-electron chi connectivity index (χ1n) is 11.8. The molecule has 0 aliphatic rings. The monoisotopic (exact) mass is 555 g/mol. The molecule has 2 aromatic heterocycles. The molecule has 0 aliphatic heterocycles. The van der Waals surface area contributed by atoms with E-state index in [9.17, 15) is 4.79 Å². The lowest BCUT2D eigenvalue weighted by molar-refractivity contribution is 0.191. The average molecular weight is 556 g/mol. The number of rotatable bonds is 11. The van der Waals surface area contributed by atoms with Crippen LogP contribution in [-0.4, -0.2) is 58.2 Å². The molecule has 0 spiro atoms. The van der Waals surface area contributed by atoms with Gasteiger partial charge in [-0.15, -0.1) is 0 Å². The van der Waals surface area contributed by atoms with Gasteiger partial charge in [-0.05, 0) is 42.8 Å². The van der Waals surface area contributed by atoms with Gasteiger partial charge >= 0.3 is 6.09 Å². The third kappa shape index (κ3) is 6.65. The molecule has 0 unspecified atom stereocenters. The molecular weight excluding hydrogens is 529 g/mol. The second-order valence-electron chi connectivity index (χ2n) is 8.50. The molecule has 39 heavy (non-hydrogen) atoms. The minimum Gasteiger partial charge on any atom is -0.493 e. The molecule has 1 amide bonds. The van der Waals surface area contributed by atoms with Crippen molar-refractivity contribution in [3.8, 4) is 34.0 Å². The molecule has 11 nitrogen and oxygen atoms in total. The molecule has 5 N–H and O–H groups in total. The second-order valence-corrected chi connectivity index (χ2v) is 8.94. The van der Waals surface area contributed by atoms with Gasteiger partial charge in [0.25, 0.3) is 0 Å². The number of methoxy groups -OCH3 is 2. The van der Waals surface area contributed by atoms with Gasteiger partial charge in [0.2, 0.25) is 5.95 Å². The zero-order valence-corrected chi connectivity index (χ0v) is 22.1. The van der Waals surface area contributed by atoms with Crippen LogP contribution in [0.3, 0.4) is 0 Å². The van der Waals surface area contributed by atoms with Crippen LogP contribution in [0.5, 0.6) is 11.5 Å². The molecule has 4 rings (SSSR count). The Kier molecular flexibility index (Phi) is 8.67. The van der Waals surface area contributed by atoms with Crippen LogP contribution in [0, 0.1) is 5.82 Å². The van der Waals surface area contributed by atoms with Crippen molar-refractivity contribution >= 4 is 29.3 Å².